The molecule has 0 bridgehead atoms. The van der Waals surface area contributed by atoms with Crippen LogP contribution >= 0.6 is 0 Å². The Bertz CT molecular complexity index is 257. The van der Waals surface area contributed by atoms with E-state index < -0.39 is 0 Å². The molecular weight excluding hydrogens is 174 g/mol. The molecule has 80 valence electrons. The first kappa shape index (κ1) is 11.2. The molecule has 2 N–H and O–H groups in total. The minimum atomic E-state index is 0.579. The van der Waals surface area contributed by atoms with Crippen molar-refractivity contribution in [2.24, 2.45) is 0 Å². The maximum absolute atomic E-state index is 4.44. The summed E-state index contributed by atoms with van der Waals surface area (Å²) in [5, 5.41) is 3.40. The summed E-state index contributed by atoms with van der Waals surface area (Å²) in [5.41, 5.74) is 2.31. The van der Waals surface area contributed by atoms with Crippen molar-refractivity contribution in [1.29, 1.82) is 0 Å². The molecule has 1 heterocycles. The number of hydrogen-bond acceptors (Lipinski definition) is 2. The van der Waals surface area contributed by atoms with Crippen LogP contribution in [0.2, 0.25) is 0 Å². The van der Waals surface area contributed by atoms with Gasteiger partial charge in [-0.2, -0.15) is 0 Å². The first-order valence-corrected chi connectivity index (χ1v) is 5.35. The van der Waals surface area contributed by atoms with E-state index in [0.29, 0.717) is 6.04 Å². The summed E-state index contributed by atoms with van der Waals surface area (Å²) >= 11 is 0. The minimum Gasteiger partial charge on any atom is -0.346 e. The zero-order valence-corrected chi connectivity index (χ0v) is 9.65. The van der Waals surface area contributed by atoms with E-state index in [1.165, 1.54) is 5.69 Å². The SMILES string of the molecule is Cc1nc(CCCNC(C)C)[nH]c1C. The van der Waals surface area contributed by atoms with Crippen LogP contribution < -0.4 is 5.32 Å². The Morgan fingerprint density at radius 2 is 2.07 bits per heavy atom. The average molecular weight is 195 g/mol. The zero-order valence-electron chi connectivity index (χ0n) is 9.65. The molecular formula is C11H21N3. The van der Waals surface area contributed by atoms with E-state index in [0.717, 1.165) is 30.9 Å². The highest BCUT2D eigenvalue weighted by atomic mass is 14.9. The normalized spacial score (nSPS) is 11.2. The lowest BCUT2D eigenvalue weighted by molar-refractivity contribution is 0.566. The van der Waals surface area contributed by atoms with Crippen LogP contribution in [-0.4, -0.2) is 22.6 Å². The van der Waals surface area contributed by atoms with E-state index in [9.17, 15) is 0 Å². The van der Waals surface area contributed by atoms with Crippen LogP contribution in [0.5, 0.6) is 0 Å². The van der Waals surface area contributed by atoms with Crippen LogP contribution in [0.4, 0.5) is 0 Å². The number of aromatic nitrogens is 2. The fraction of sp³-hybridized carbons (Fsp3) is 0.727. The maximum Gasteiger partial charge on any atom is 0.106 e. The average Bonchev–Trinajstić information content (AvgIpc) is 2.40. The number of nitrogens with one attached hydrogen (secondary N) is 2. The van der Waals surface area contributed by atoms with Crippen molar-refractivity contribution in [1.82, 2.24) is 15.3 Å². The van der Waals surface area contributed by atoms with Crippen molar-refractivity contribution in [3.8, 4) is 0 Å². The molecule has 0 spiro atoms. The standard InChI is InChI=1S/C11H21N3/c1-8(2)12-7-5-6-11-13-9(3)10(4)14-11/h8,12H,5-7H2,1-4H3,(H,13,14). The Morgan fingerprint density at radius 1 is 1.36 bits per heavy atom. The molecule has 0 atom stereocenters. The van der Waals surface area contributed by atoms with Gasteiger partial charge in [0.2, 0.25) is 0 Å². The van der Waals surface area contributed by atoms with Gasteiger partial charge in [0.1, 0.15) is 5.82 Å². The van der Waals surface area contributed by atoms with Crippen LogP contribution in [0, 0.1) is 13.8 Å². The summed E-state index contributed by atoms with van der Waals surface area (Å²) in [6.45, 7) is 9.51. The number of aryl methyl sites for hydroxylation is 3. The van der Waals surface area contributed by atoms with Gasteiger partial charge in [0.05, 0.1) is 5.69 Å². The van der Waals surface area contributed by atoms with E-state index in [1.807, 2.05) is 6.92 Å². The van der Waals surface area contributed by atoms with Crippen molar-refractivity contribution < 1.29 is 0 Å². The fourth-order valence-corrected chi connectivity index (χ4v) is 1.39. The summed E-state index contributed by atoms with van der Waals surface area (Å²) in [5.74, 6) is 1.12. The predicted molar refractivity (Wildman–Crippen MR) is 59.5 cm³/mol. The maximum atomic E-state index is 4.44. The van der Waals surface area contributed by atoms with Gasteiger partial charge < -0.3 is 10.3 Å². The van der Waals surface area contributed by atoms with E-state index >= 15 is 0 Å². The van der Waals surface area contributed by atoms with Gasteiger partial charge in [-0.25, -0.2) is 4.98 Å². The summed E-state index contributed by atoms with van der Waals surface area (Å²) in [7, 11) is 0. The number of rotatable bonds is 5. The minimum absolute atomic E-state index is 0.579. The van der Waals surface area contributed by atoms with Gasteiger partial charge in [0, 0.05) is 18.2 Å². The molecule has 0 radical (unpaired) electrons. The molecule has 0 saturated heterocycles. The largest absolute Gasteiger partial charge is 0.346 e. The van der Waals surface area contributed by atoms with Crippen molar-refractivity contribution in [3.63, 3.8) is 0 Å². The molecule has 0 fully saturated rings. The second kappa shape index (κ2) is 5.15. The quantitative estimate of drug-likeness (QED) is 0.705. The molecule has 0 aliphatic rings. The number of nitrogens with zero attached hydrogens (tertiary/aromatic N) is 1. The summed E-state index contributed by atoms with van der Waals surface area (Å²) in [6.07, 6.45) is 2.18. The number of aromatic amines is 1. The molecule has 0 amide bonds. The lowest BCUT2D eigenvalue weighted by atomic mass is 10.3. The van der Waals surface area contributed by atoms with Gasteiger partial charge in [-0.1, -0.05) is 13.8 Å². The molecule has 0 aromatic carbocycles. The molecule has 0 aliphatic heterocycles. The van der Waals surface area contributed by atoms with Crippen LogP contribution in [-0.2, 0) is 6.42 Å². The Morgan fingerprint density at radius 3 is 2.57 bits per heavy atom. The Hall–Kier alpha value is -0.830. The number of H-pyrrole nitrogens is 1. The second-order valence-corrected chi connectivity index (χ2v) is 4.11. The van der Waals surface area contributed by atoms with Gasteiger partial charge in [0.15, 0.2) is 0 Å². The molecule has 0 aliphatic carbocycles. The van der Waals surface area contributed by atoms with Crippen LogP contribution in [0.1, 0.15) is 37.5 Å². The Labute approximate surface area is 86.3 Å². The molecule has 1 rings (SSSR count). The molecule has 3 heteroatoms. The summed E-state index contributed by atoms with van der Waals surface area (Å²) < 4.78 is 0. The summed E-state index contributed by atoms with van der Waals surface area (Å²) in [6, 6.07) is 0.579. The number of imidazole rings is 1. The molecule has 0 saturated carbocycles. The van der Waals surface area contributed by atoms with Crippen molar-refractivity contribution >= 4 is 0 Å². The monoisotopic (exact) mass is 195 g/mol. The highest BCUT2D eigenvalue weighted by Crippen LogP contribution is 2.04. The number of hydrogen-bond donors (Lipinski definition) is 2. The van der Waals surface area contributed by atoms with Gasteiger partial charge in [-0.3, -0.25) is 0 Å². The smallest absolute Gasteiger partial charge is 0.106 e. The van der Waals surface area contributed by atoms with E-state index in [1.54, 1.807) is 0 Å². The third kappa shape index (κ3) is 3.50. The first-order chi connectivity index (χ1) is 6.59. The lowest BCUT2D eigenvalue weighted by Crippen LogP contribution is -2.24. The van der Waals surface area contributed by atoms with Gasteiger partial charge in [-0.05, 0) is 26.8 Å². The van der Waals surface area contributed by atoms with Gasteiger partial charge >= 0.3 is 0 Å². The van der Waals surface area contributed by atoms with E-state index in [-0.39, 0.29) is 0 Å². The van der Waals surface area contributed by atoms with Crippen LogP contribution in [0.15, 0.2) is 0 Å². The van der Waals surface area contributed by atoms with Crippen LogP contribution in [0.25, 0.3) is 0 Å². The fourth-order valence-electron chi connectivity index (χ4n) is 1.39. The highest BCUT2D eigenvalue weighted by Gasteiger charge is 2.01. The summed E-state index contributed by atoms with van der Waals surface area (Å²) in [4.78, 5) is 7.74. The molecule has 1 aromatic rings. The Kier molecular flexibility index (Phi) is 4.14. The van der Waals surface area contributed by atoms with Gasteiger partial charge in [0.25, 0.3) is 0 Å². The van der Waals surface area contributed by atoms with Crippen molar-refractivity contribution in [2.75, 3.05) is 6.54 Å². The van der Waals surface area contributed by atoms with Gasteiger partial charge in [-0.15, -0.1) is 0 Å². The molecule has 3 nitrogen and oxygen atoms in total. The molecule has 0 unspecified atom stereocenters. The highest BCUT2D eigenvalue weighted by molar-refractivity contribution is 5.10. The third-order valence-corrected chi connectivity index (χ3v) is 2.32. The van der Waals surface area contributed by atoms with Crippen molar-refractivity contribution in [2.45, 2.75) is 46.6 Å². The first-order valence-electron chi connectivity index (χ1n) is 5.35. The molecule has 14 heavy (non-hydrogen) atoms. The lowest BCUT2D eigenvalue weighted by Gasteiger charge is -2.06. The van der Waals surface area contributed by atoms with E-state index in [2.05, 4.69) is 36.1 Å². The zero-order chi connectivity index (χ0) is 10.6. The van der Waals surface area contributed by atoms with Crippen molar-refractivity contribution in [3.05, 3.63) is 17.2 Å². The second-order valence-electron chi connectivity index (χ2n) is 4.11. The van der Waals surface area contributed by atoms with Crippen LogP contribution in [0.3, 0.4) is 0 Å². The topological polar surface area (TPSA) is 40.7 Å². The third-order valence-electron chi connectivity index (χ3n) is 2.32. The van der Waals surface area contributed by atoms with E-state index in [4.69, 9.17) is 0 Å². The molecule has 1 aromatic heterocycles. The predicted octanol–water partition coefficient (Wildman–Crippen LogP) is 1.96. The Balaban J connectivity index is 2.25.